The van der Waals surface area contributed by atoms with Crippen molar-refractivity contribution in [3.8, 4) is 5.75 Å². The summed E-state index contributed by atoms with van der Waals surface area (Å²) in [6.45, 7) is 1.87. The number of amides is 1. The fraction of sp³-hybridized carbons (Fsp3) is 0.333. The highest BCUT2D eigenvalue weighted by Crippen LogP contribution is 2.37. The number of anilines is 1. The van der Waals surface area contributed by atoms with E-state index in [2.05, 4.69) is 10.3 Å². The van der Waals surface area contributed by atoms with Gasteiger partial charge in [0, 0.05) is 17.0 Å². The molecule has 2 aliphatic heterocycles. The molecule has 0 saturated carbocycles. The highest BCUT2D eigenvalue weighted by molar-refractivity contribution is 8.13. The van der Waals surface area contributed by atoms with Crippen molar-refractivity contribution in [3.05, 3.63) is 59.4 Å². The van der Waals surface area contributed by atoms with Crippen molar-refractivity contribution in [2.75, 3.05) is 11.1 Å². The van der Waals surface area contributed by atoms with Crippen molar-refractivity contribution < 1.29 is 13.9 Å². The summed E-state index contributed by atoms with van der Waals surface area (Å²) in [6, 6.07) is 12.3. The first-order valence-electron chi connectivity index (χ1n) is 9.28. The van der Waals surface area contributed by atoms with Gasteiger partial charge in [-0.3, -0.25) is 9.79 Å². The van der Waals surface area contributed by atoms with Crippen LogP contribution in [0.15, 0.2) is 47.5 Å². The predicted octanol–water partition coefficient (Wildman–Crippen LogP) is 3.82. The number of hydrogen-bond donors (Lipinski definition) is 2. The number of fused-ring (bicyclic) bond motifs is 1. The minimum atomic E-state index is -0.736. The third-order valence-electron chi connectivity index (χ3n) is 5.22. The smallest absolute Gasteiger partial charge is 0.265 e. The zero-order valence-electron chi connectivity index (χ0n) is 15.6. The first-order chi connectivity index (χ1) is 13.4. The van der Waals surface area contributed by atoms with E-state index >= 15 is 0 Å². The molecule has 7 heteroatoms. The van der Waals surface area contributed by atoms with E-state index in [0.29, 0.717) is 29.3 Å². The summed E-state index contributed by atoms with van der Waals surface area (Å²) in [6.07, 6.45) is 1.49. The van der Waals surface area contributed by atoms with E-state index < -0.39 is 11.6 Å². The largest absolute Gasteiger partial charge is 0.480 e. The Bertz CT molecular complexity index is 949. The third-order valence-corrected chi connectivity index (χ3v) is 6.02. The molecule has 0 bridgehead atoms. The van der Waals surface area contributed by atoms with Gasteiger partial charge in [-0.25, -0.2) is 4.39 Å². The second-order valence-electron chi connectivity index (χ2n) is 7.26. The number of rotatable bonds is 3. The Morgan fingerprint density at radius 1 is 1.36 bits per heavy atom. The van der Waals surface area contributed by atoms with E-state index in [1.807, 2.05) is 31.2 Å². The van der Waals surface area contributed by atoms with Crippen LogP contribution in [0.3, 0.4) is 0 Å². The molecule has 3 N–H and O–H groups in total. The molecule has 2 aliphatic rings. The standard InChI is InChI=1S/C21H22FN3O2S/c1-21(10-11-28-20(23)25-21)15-12-14(7-8-16(15)22)24-19(26)18-9-6-13-4-2-3-5-17(13)27-18/h2-5,7-8,12,18H,6,9-11H2,1H3,(H2,23,25)(H,24,26). The van der Waals surface area contributed by atoms with E-state index in [1.165, 1.54) is 17.8 Å². The molecule has 1 amide bonds. The lowest BCUT2D eigenvalue weighted by Gasteiger charge is -2.30. The van der Waals surface area contributed by atoms with Crippen molar-refractivity contribution >= 4 is 28.5 Å². The van der Waals surface area contributed by atoms with E-state index in [0.717, 1.165) is 23.5 Å². The molecular formula is C21H22FN3O2S. The van der Waals surface area contributed by atoms with Crippen LogP contribution < -0.4 is 15.8 Å². The second-order valence-corrected chi connectivity index (χ2v) is 8.37. The maximum atomic E-state index is 14.5. The molecule has 2 aromatic carbocycles. The molecule has 5 nitrogen and oxygen atoms in total. The zero-order valence-corrected chi connectivity index (χ0v) is 16.4. The van der Waals surface area contributed by atoms with Crippen LogP contribution in [-0.4, -0.2) is 22.9 Å². The molecule has 2 atom stereocenters. The topological polar surface area (TPSA) is 76.7 Å². The zero-order chi connectivity index (χ0) is 19.7. The van der Waals surface area contributed by atoms with Crippen LogP contribution in [0.1, 0.15) is 30.9 Å². The number of aliphatic imine (C=N–C) groups is 1. The Balaban J connectivity index is 1.53. The van der Waals surface area contributed by atoms with Gasteiger partial charge in [0.2, 0.25) is 0 Å². The average molecular weight is 399 g/mol. The van der Waals surface area contributed by atoms with Crippen LogP contribution in [0.2, 0.25) is 0 Å². The van der Waals surface area contributed by atoms with Crippen LogP contribution in [-0.2, 0) is 16.8 Å². The summed E-state index contributed by atoms with van der Waals surface area (Å²) in [5, 5.41) is 3.32. The van der Waals surface area contributed by atoms with Gasteiger partial charge in [0.15, 0.2) is 11.3 Å². The van der Waals surface area contributed by atoms with Gasteiger partial charge >= 0.3 is 0 Å². The lowest BCUT2D eigenvalue weighted by Crippen LogP contribution is -2.36. The number of benzene rings is 2. The van der Waals surface area contributed by atoms with Gasteiger partial charge in [0.05, 0.1) is 5.54 Å². The number of halogens is 1. The number of carbonyl (C=O) groups is 1. The highest BCUT2D eigenvalue weighted by atomic mass is 32.2. The maximum Gasteiger partial charge on any atom is 0.265 e. The summed E-state index contributed by atoms with van der Waals surface area (Å²) in [4.78, 5) is 17.2. The monoisotopic (exact) mass is 399 g/mol. The van der Waals surface area contributed by atoms with Crippen LogP contribution in [0.4, 0.5) is 10.1 Å². The molecule has 2 heterocycles. The summed E-state index contributed by atoms with van der Waals surface area (Å²) in [5.74, 6) is 0.925. The molecule has 0 aliphatic carbocycles. The number of thioether (sulfide) groups is 1. The molecule has 0 aromatic heterocycles. The molecule has 2 unspecified atom stereocenters. The number of nitrogens with zero attached hydrogens (tertiary/aromatic N) is 1. The Morgan fingerprint density at radius 2 is 2.18 bits per heavy atom. The Labute approximate surface area is 167 Å². The van der Waals surface area contributed by atoms with Crippen molar-refractivity contribution in [1.29, 1.82) is 0 Å². The lowest BCUT2D eigenvalue weighted by atomic mass is 9.89. The molecule has 0 saturated heterocycles. The average Bonchev–Trinajstić information content (AvgIpc) is 2.68. The fourth-order valence-corrected chi connectivity index (χ4v) is 4.60. The van der Waals surface area contributed by atoms with Gasteiger partial charge in [0.1, 0.15) is 11.6 Å². The number of nitrogens with two attached hydrogens (primary N) is 1. The van der Waals surface area contributed by atoms with Gasteiger partial charge < -0.3 is 15.8 Å². The van der Waals surface area contributed by atoms with Crippen LogP contribution in [0.5, 0.6) is 5.75 Å². The van der Waals surface area contributed by atoms with E-state index in [4.69, 9.17) is 10.5 Å². The summed E-state index contributed by atoms with van der Waals surface area (Å²) in [5.41, 5.74) is 7.19. The van der Waals surface area contributed by atoms with Crippen molar-refractivity contribution in [2.24, 2.45) is 10.7 Å². The summed E-state index contributed by atoms with van der Waals surface area (Å²) in [7, 11) is 0. The molecule has 28 heavy (non-hydrogen) atoms. The van der Waals surface area contributed by atoms with E-state index in [-0.39, 0.29) is 11.7 Å². The minimum absolute atomic E-state index is 0.237. The van der Waals surface area contributed by atoms with Crippen molar-refractivity contribution in [2.45, 2.75) is 37.8 Å². The molecule has 2 aromatic rings. The van der Waals surface area contributed by atoms with Crippen LogP contribution in [0.25, 0.3) is 0 Å². The number of amidine groups is 1. The molecule has 0 fully saturated rings. The van der Waals surface area contributed by atoms with Gasteiger partial charge in [-0.1, -0.05) is 30.0 Å². The number of hydrogen-bond acceptors (Lipinski definition) is 5. The molecular weight excluding hydrogens is 377 g/mol. The molecule has 0 spiro atoms. The van der Waals surface area contributed by atoms with Gasteiger partial charge in [-0.2, -0.15) is 0 Å². The first kappa shape index (κ1) is 18.8. The Hall–Kier alpha value is -2.54. The maximum absolute atomic E-state index is 14.5. The predicted molar refractivity (Wildman–Crippen MR) is 110 cm³/mol. The normalized spacial score (nSPS) is 23.9. The van der Waals surface area contributed by atoms with E-state index in [1.54, 1.807) is 12.1 Å². The number of carbonyl (C=O) groups excluding carboxylic acids is 1. The SMILES string of the molecule is CC1(c2cc(NC(=O)C3CCc4ccccc4O3)ccc2F)CCSC(N)=N1. The molecule has 146 valence electrons. The van der Waals surface area contributed by atoms with Gasteiger partial charge in [-0.05, 0) is 56.0 Å². The Kier molecular flexibility index (Phi) is 5.02. The minimum Gasteiger partial charge on any atom is -0.480 e. The number of nitrogens with one attached hydrogen (secondary N) is 1. The molecule has 4 rings (SSSR count). The number of aryl methyl sites for hydroxylation is 1. The first-order valence-corrected chi connectivity index (χ1v) is 10.3. The molecule has 0 radical (unpaired) electrons. The quantitative estimate of drug-likeness (QED) is 0.823. The highest BCUT2D eigenvalue weighted by Gasteiger charge is 2.33. The second kappa shape index (κ2) is 7.47. The van der Waals surface area contributed by atoms with Crippen molar-refractivity contribution in [3.63, 3.8) is 0 Å². The van der Waals surface area contributed by atoms with E-state index in [9.17, 15) is 9.18 Å². The fourth-order valence-electron chi connectivity index (χ4n) is 3.63. The van der Waals surface area contributed by atoms with Gasteiger partial charge in [-0.15, -0.1) is 0 Å². The Morgan fingerprint density at radius 3 is 3.00 bits per heavy atom. The third kappa shape index (κ3) is 3.71. The summed E-state index contributed by atoms with van der Waals surface area (Å²) < 4.78 is 20.4. The van der Waals surface area contributed by atoms with Crippen LogP contribution >= 0.6 is 11.8 Å². The number of para-hydroxylation sites is 1. The van der Waals surface area contributed by atoms with Crippen LogP contribution in [0, 0.1) is 5.82 Å². The summed E-state index contributed by atoms with van der Waals surface area (Å²) >= 11 is 1.47. The van der Waals surface area contributed by atoms with Gasteiger partial charge in [0.25, 0.3) is 5.91 Å². The van der Waals surface area contributed by atoms with Crippen molar-refractivity contribution in [1.82, 2.24) is 0 Å². The number of ether oxygens (including phenoxy) is 1. The lowest BCUT2D eigenvalue weighted by molar-refractivity contribution is -0.123.